The van der Waals surface area contributed by atoms with E-state index < -0.39 is 6.61 Å². The van der Waals surface area contributed by atoms with Crippen molar-refractivity contribution in [1.82, 2.24) is 4.98 Å². The van der Waals surface area contributed by atoms with E-state index in [0.717, 1.165) is 17.1 Å². The smallest absolute Gasteiger partial charge is 0.387 e. The number of pyridine rings is 1. The van der Waals surface area contributed by atoms with Gasteiger partial charge in [-0.1, -0.05) is 18.2 Å². The SMILES string of the molecule is Cc1ccc(NC(C)c2ccccc2OC(F)F)c(C)n1. The Hall–Kier alpha value is -2.17. The number of aryl methyl sites for hydroxylation is 2. The van der Waals surface area contributed by atoms with Gasteiger partial charge in [0.1, 0.15) is 5.75 Å². The predicted octanol–water partition coefficient (Wildman–Crippen LogP) is 4.47. The summed E-state index contributed by atoms with van der Waals surface area (Å²) in [6, 6.07) is 10.4. The molecule has 1 heterocycles. The fourth-order valence-corrected chi connectivity index (χ4v) is 2.19. The van der Waals surface area contributed by atoms with E-state index >= 15 is 0 Å². The van der Waals surface area contributed by atoms with Gasteiger partial charge < -0.3 is 10.1 Å². The largest absolute Gasteiger partial charge is 0.434 e. The number of benzene rings is 1. The summed E-state index contributed by atoms with van der Waals surface area (Å²) in [5.41, 5.74) is 3.36. The van der Waals surface area contributed by atoms with Crippen LogP contribution < -0.4 is 10.1 Å². The molecule has 1 atom stereocenters. The first kappa shape index (κ1) is 15.2. The molecule has 0 spiro atoms. The highest BCUT2D eigenvalue weighted by Crippen LogP contribution is 2.29. The van der Waals surface area contributed by atoms with Crippen molar-refractivity contribution >= 4 is 5.69 Å². The van der Waals surface area contributed by atoms with E-state index in [-0.39, 0.29) is 11.8 Å². The van der Waals surface area contributed by atoms with Crippen LogP contribution >= 0.6 is 0 Å². The molecule has 0 radical (unpaired) electrons. The first-order valence-corrected chi connectivity index (χ1v) is 6.72. The van der Waals surface area contributed by atoms with Gasteiger partial charge >= 0.3 is 6.61 Å². The Labute approximate surface area is 123 Å². The number of rotatable bonds is 5. The number of alkyl halides is 2. The van der Waals surface area contributed by atoms with E-state index in [1.807, 2.05) is 32.9 Å². The average Bonchev–Trinajstić information content (AvgIpc) is 2.42. The number of anilines is 1. The topological polar surface area (TPSA) is 34.1 Å². The van der Waals surface area contributed by atoms with Crippen LogP contribution in [0.2, 0.25) is 0 Å². The molecule has 0 aliphatic heterocycles. The van der Waals surface area contributed by atoms with E-state index in [0.29, 0.717) is 5.56 Å². The molecule has 0 aliphatic carbocycles. The first-order chi connectivity index (χ1) is 9.97. The Morgan fingerprint density at radius 2 is 1.81 bits per heavy atom. The molecule has 0 saturated carbocycles. The van der Waals surface area contributed by atoms with Crippen LogP contribution in [0.5, 0.6) is 5.75 Å². The van der Waals surface area contributed by atoms with Crippen LogP contribution in [-0.2, 0) is 0 Å². The number of halogens is 2. The van der Waals surface area contributed by atoms with Gasteiger partial charge in [-0.05, 0) is 39.0 Å². The highest BCUT2D eigenvalue weighted by atomic mass is 19.3. The third-order valence-corrected chi connectivity index (χ3v) is 3.20. The molecule has 1 aromatic carbocycles. The Bertz CT molecular complexity index is 617. The molecular formula is C16H18F2N2O. The number of nitrogens with zero attached hydrogens (tertiary/aromatic N) is 1. The van der Waals surface area contributed by atoms with Gasteiger partial charge in [-0.25, -0.2) is 0 Å². The number of aromatic nitrogens is 1. The standard InChI is InChI=1S/C16H18F2N2O/c1-10-8-9-14(12(3)19-10)20-11(2)13-6-4-5-7-15(13)21-16(17)18/h4-9,11,16,20H,1-3H3. The molecule has 1 aromatic heterocycles. The molecule has 2 rings (SSSR count). The van der Waals surface area contributed by atoms with E-state index in [1.165, 1.54) is 0 Å². The van der Waals surface area contributed by atoms with Crippen molar-refractivity contribution in [2.75, 3.05) is 5.32 Å². The van der Waals surface area contributed by atoms with Crippen molar-refractivity contribution < 1.29 is 13.5 Å². The lowest BCUT2D eigenvalue weighted by molar-refractivity contribution is -0.0505. The number of para-hydroxylation sites is 1. The molecule has 0 fully saturated rings. The van der Waals surface area contributed by atoms with Gasteiger partial charge in [-0.3, -0.25) is 4.98 Å². The van der Waals surface area contributed by atoms with Crippen LogP contribution in [0, 0.1) is 13.8 Å². The second-order valence-electron chi connectivity index (χ2n) is 4.87. The lowest BCUT2D eigenvalue weighted by Gasteiger charge is -2.20. The predicted molar refractivity (Wildman–Crippen MR) is 78.8 cm³/mol. The van der Waals surface area contributed by atoms with Crippen LogP contribution in [0.25, 0.3) is 0 Å². The molecule has 3 nitrogen and oxygen atoms in total. The van der Waals surface area contributed by atoms with Crippen LogP contribution in [0.4, 0.5) is 14.5 Å². The zero-order chi connectivity index (χ0) is 15.4. The molecule has 1 unspecified atom stereocenters. The fourth-order valence-electron chi connectivity index (χ4n) is 2.19. The Morgan fingerprint density at radius 3 is 2.48 bits per heavy atom. The summed E-state index contributed by atoms with van der Waals surface area (Å²) in [5, 5.41) is 3.28. The third-order valence-electron chi connectivity index (χ3n) is 3.20. The maximum Gasteiger partial charge on any atom is 0.387 e. The lowest BCUT2D eigenvalue weighted by atomic mass is 10.1. The van der Waals surface area contributed by atoms with Gasteiger partial charge in [0.05, 0.1) is 17.4 Å². The number of nitrogens with one attached hydrogen (secondary N) is 1. The second kappa shape index (κ2) is 6.52. The molecular weight excluding hydrogens is 274 g/mol. The molecule has 0 aliphatic rings. The van der Waals surface area contributed by atoms with Gasteiger partial charge in [-0.15, -0.1) is 0 Å². The Balaban J connectivity index is 2.22. The van der Waals surface area contributed by atoms with Crippen molar-refractivity contribution in [2.45, 2.75) is 33.4 Å². The highest BCUT2D eigenvalue weighted by Gasteiger charge is 2.15. The highest BCUT2D eigenvalue weighted by molar-refractivity contribution is 5.51. The minimum atomic E-state index is -2.83. The maximum absolute atomic E-state index is 12.4. The van der Waals surface area contributed by atoms with Crippen LogP contribution in [0.15, 0.2) is 36.4 Å². The molecule has 21 heavy (non-hydrogen) atoms. The second-order valence-corrected chi connectivity index (χ2v) is 4.87. The fraction of sp³-hybridized carbons (Fsp3) is 0.312. The Kier molecular flexibility index (Phi) is 4.73. The van der Waals surface area contributed by atoms with E-state index in [2.05, 4.69) is 15.0 Å². The monoisotopic (exact) mass is 292 g/mol. The summed E-state index contributed by atoms with van der Waals surface area (Å²) in [7, 11) is 0. The lowest BCUT2D eigenvalue weighted by Crippen LogP contribution is -2.12. The summed E-state index contributed by atoms with van der Waals surface area (Å²) in [6.45, 7) is 2.89. The minimum absolute atomic E-state index is 0.178. The van der Waals surface area contributed by atoms with Crippen molar-refractivity contribution in [3.8, 4) is 5.75 Å². The molecule has 2 aromatic rings. The zero-order valence-electron chi connectivity index (χ0n) is 12.2. The third kappa shape index (κ3) is 3.90. The van der Waals surface area contributed by atoms with Gasteiger partial charge in [0.2, 0.25) is 0 Å². The van der Waals surface area contributed by atoms with Crippen molar-refractivity contribution in [3.63, 3.8) is 0 Å². The molecule has 0 saturated heterocycles. The summed E-state index contributed by atoms with van der Waals surface area (Å²) in [6.07, 6.45) is 0. The quantitative estimate of drug-likeness (QED) is 0.882. The molecule has 0 amide bonds. The molecule has 1 N–H and O–H groups in total. The maximum atomic E-state index is 12.4. The molecule has 112 valence electrons. The van der Waals surface area contributed by atoms with Gasteiger partial charge in [0, 0.05) is 11.3 Å². The van der Waals surface area contributed by atoms with E-state index in [1.54, 1.807) is 24.3 Å². The van der Waals surface area contributed by atoms with Crippen LogP contribution in [-0.4, -0.2) is 11.6 Å². The average molecular weight is 292 g/mol. The summed E-state index contributed by atoms with van der Waals surface area (Å²) in [4.78, 5) is 4.38. The number of ether oxygens (including phenoxy) is 1. The number of hydrogen-bond donors (Lipinski definition) is 1. The van der Waals surface area contributed by atoms with Crippen molar-refractivity contribution in [1.29, 1.82) is 0 Å². The van der Waals surface area contributed by atoms with Crippen LogP contribution in [0.1, 0.15) is 29.9 Å². The minimum Gasteiger partial charge on any atom is -0.434 e. The summed E-state index contributed by atoms with van der Waals surface area (Å²) < 4.78 is 29.5. The molecule has 5 heteroatoms. The van der Waals surface area contributed by atoms with E-state index in [9.17, 15) is 8.78 Å². The van der Waals surface area contributed by atoms with Gasteiger partial charge in [0.25, 0.3) is 0 Å². The zero-order valence-corrected chi connectivity index (χ0v) is 12.2. The van der Waals surface area contributed by atoms with Gasteiger partial charge in [0.15, 0.2) is 0 Å². The van der Waals surface area contributed by atoms with Crippen LogP contribution in [0.3, 0.4) is 0 Å². The van der Waals surface area contributed by atoms with E-state index in [4.69, 9.17) is 0 Å². The normalized spacial score (nSPS) is 12.3. The number of hydrogen-bond acceptors (Lipinski definition) is 3. The first-order valence-electron chi connectivity index (χ1n) is 6.72. The van der Waals surface area contributed by atoms with Crippen molar-refractivity contribution in [2.24, 2.45) is 0 Å². The Morgan fingerprint density at radius 1 is 1.10 bits per heavy atom. The molecule has 0 bridgehead atoms. The van der Waals surface area contributed by atoms with Crippen molar-refractivity contribution in [3.05, 3.63) is 53.3 Å². The summed E-state index contributed by atoms with van der Waals surface area (Å²) in [5.74, 6) is 0.185. The summed E-state index contributed by atoms with van der Waals surface area (Å²) >= 11 is 0. The van der Waals surface area contributed by atoms with Gasteiger partial charge in [-0.2, -0.15) is 8.78 Å².